The highest BCUT2D eigenvalue weighted by molar-refractivity contribution is 6.33. The number of nitrogen functional groups attached to an aromatic ring is 1. The number of carbonyl (C=O) groups excluding carboxylic acids is 1. The van der Waals surface area contributed by atoms with E-state index in [1.54, 1.807) is 0 Å². The maximum atomic E-state index is 11.9. The third kappa shape index (κ3) is 3.86. The van der Waals surface area contributed by atoms with Crippen LogP contribution in [0.15, 0.2) is 42.6 Å². The van der Waals surface area contributed by atoms with Gasteiger partial charge >= 0.3 is 0 Å². The van der Waals surface area contributed by atoms with E-state index in [0.717, 1.165) is 5.75 Å². The quantitative estimate of drug-likeness (QED) is 0.827. The highest BCUT2D eigenvalue weighted by Crippen LogP contribution is 2.16. The minimum atomic E-state index is -0.305. The number of para-hydroxylation sites is 1. The van der Waals surface area contributed by atoms with Crippen LogP contribution in [-0.2, 0) is 0 Å². The molecule has 20 heavy (non-hydrogen) atoms. The summed E-state index contributed by atoms with van der Waals surface area (Å²) in [6.45, 7) is 0.736. The SMILES string of the molecule is Nc1cc(C(=O)NCCOc2ccccc2)c(Cl)cn1. The molecule has 0 saturated heterocycles. The Bertz CT molecular complexity index is 590. The minimum absolute atomic E-state index is 0.250. The first-order chi connectivity index (χ1) is 9.66. The van der Waals surface area contributed by atoms with Crippen molar-refractivity contribution in [3.05, 3.63) is 53.2 Å². The molecule has 0 spiro atoms. The van der Waals surface area contributed by atoms with Gasteiger partial charge in [-0.1, -0.05) is 29.8 Å². The number of ether oxygens (including phenoxy) is 1. The van der Waals surface area contributed by atoms with Crippen LogP contribution in [0.5, 0.6) is 5.75 Å². The van der Waals surface area contributed by atoms with Gasteiger partial charge in [0.05, 0.1) is 17.1 Å². The van der Waals surface area contributed by atoms with E-state index >= 15 is 0 Å². The number of halogens is 1. The van der Waals surface area contributed by atoms with Crippen molar-refractivity contribution in [1.29, 1.82) is 0 Å². The molecule has 1 aromatic heterocycles. The van der Waals surface area contributed by atoms with Gasteiger partial charge in [0, 0.05) is 6.20 Å². The summed E-state index contributed by atoms with van der Waals surface area (Å²) in [6, 6.07) is 10.8. The van der Waals surface area contributed by atoms with E-state index in [4.69, 9.17) is 22.1 Å². The van der Waals surface area contributed by atoms with E-state index in [1.165, 1.54) is 12.3 Å². The van der Waals surface area contributed by atoms with Gasteiger partial charge in [0.2, 0.25) is 0 Å². The Balaban J connectivity index is 1.82. The van der Waals surface area contributed by atoms with Crippen molar-refractivity contribution >= 4 is 23.3 Å². The molecule has 0 aliphatic carbocycles. The normalized spacial score (nSPS) is 10.1. The molecule has 0 bridgehead atoms. The largest absolute Gasteiger partial charge is 0.492 e. The fourth-order valence-electron chi connectivity index (χ4n) is 1.57. The fourth-order valence-corrected chi connectivity index (χ4v) is 1.76. The molecule has 0 aliphatic heterocycles. The predicted octanol–water partition coefficient (Wildman–Crippen LogP) is 2.13. The number of anilines is 1. The van der Waals surface area contributed by atoms with Crippen LogP contribution in [0.3, 0.4) is 0 Å². The Morgan fingerprint density at radius 3 is 2.85 bits per heavy atom. The molecule has 0 saturated carbocycles. The van der Waals surface area contributed by atoms with Crippen LogP contribution in [-0.4, -0.2) is 24.0 Å². The van der Waals surface area contributed by atoms with Crippen molar-refractivity contribution in [2.45, 2.75) is 0 Å². The summed E-state index contributed by atoms with van der Waals surface area (Å²) in [6.07, 6.45) is 1.35. The number of nitrogens with two attached hydrogens (primary N) is 1. The van der Waals surface area contributed by atoms with Crippen LogP contribution in [0.25, 0.3) is 0 Å². The monoisotopic (exact) mass is 291 g/mol. The fraction of sp³-hybridized carbons (Fsp3) is 0.143. The Morgan fingerprint density at radius 1 is 1.35 bits per heavy atom. The molecule has 0 unspecified atom stereocenters. The van der Waals surface area contributed by atoms with E-state index < -0.39 is 0 Å². The lowest BCUT2D eigenvalue weighted by molar-refractivity contribution is 0.0947. The lowest BCUT2D eigenvalue weighted by atomic mass is 10.2. The zero-order valence-corrected chi connectivity index (χ0v) is 11.4. The van der Waals surface area contributed by atoms with E-state index in [9.17, 15) is 4.79 Å². The number of nitrogens with one attached hydrogen (secondary N) is 1. The third-order valence-electron chi connectivity index (χ3n) is 2.52. The zero-order valence-electron chi connectivity index (χ0n) is 10.7. The van der Waals surface area contributed by atoms with Gasteiger partial charge in [-0.2, -0.15) is 0 Å². The Morgan fingerprint density at radius 2 is 2.10 bits per heavy atom. The smallest absolute Gasteiger partial charge is 0.253 e. The van der Waals surface area contributed by atoms with Gasteiger partial charge in [-0.15, -0.1) is 0 Å². The molecule has 1 amide bonds. The number of hydrogen-bond acceptors (Lipinski definition) is 4. The zero-order chi connectivity index (χ0) is 14.4. The van der Waals surface area contributed by atoms with Crippen LogP contribution >= 0.6 is 11.6 Å². The number of aromatic nitrogens is 1. The summed E-state index contributed by atoms with van der Waals surface area (Å²) in [5.74, 6) is 0.703. The lowest BCUT2D eigenvalue weighted by Gasteiger charge is -2.08. The van der Waals surface area contributed by atoms with Crippen LogP contribution in [0.1, 0.15) is 10.4 Å². The van der Waals surface area contributed by atoms with E-state index in [1.807, 2.05) is 30.3 Å². The number of carbonyl (C=O) groups is 1. The number of pyridine rings is 1. The van der Waals surface area contributed by atoms with Gasteiger partial charge < -0.3 is 15.8 Å². The first-order valence-corrected chi connectivity index (χ1v) is 6.41. The predicted molar refractivity (Wildman–Crippen MR) is 77.9 cm³/mol. The van der Waals surface area contributed by atoms with Crippen molar-refractivity contribution in [1.82, 2.24) is 10.3 Å². The first-order valence-electron chi connectivity index (χ1n) is 6.04. The third-order valence-corrected chi connectivity index (χ3v) is 2.82. The van der Waals surface area contributed by atoms with Gasteiger partial charge in [-0.25, -0.2) is 4.98 Å². The molecule has 0 fully saturated rings. The number of amides is 1. The Labute approximate surface area is 121 Å². The molecular formula is C14H14ClN3O2. The van der Waals surface area contributed by atoms with Crippen molar-refractivity contribution in [3.63, 3.8) is 0 Å². The molecule has 1 aromatic carbocycles. The molecule has 3 N–H and O–H groups in total. The molecule has 0 aliphatic rings. The maximum Gasteiger partial charge on any atom is 0.253 e. The van der Waals surface area contributed by atoms with E-state index in [2.05, 4.69) is 10.3 Å². The summed E-state index contributed by atoms with van der Waals surface area (Å²) in [5, 5.41) is 2.97. The van der Waals surface area contributed by atoms with Crippen molar-refractivity contribution in [2.24, 2.45) is 0 Å². The highest BCUT2D eigenvalue weighted by atomic mass is 35.5. The topological polar surface area (TPSA) is 77.2 Å². The standard InChI is InChI=1S/C14H14ClN3O2/c15-12-9-18-13(16)8-11(12)14(19)17-6-7-20-10-4-2-1-3-5-10/h1-5,8-9H,6-7H2,(H2,16,18)(H,17,19). The highest BCUT2D eigenvalue weighted by Gasteiger charge is 2.10. The molecule has 2 rings (SSSR count). The number of nitrogens with zero attached hydrogens (tertiary/aromatic N) is 1. The second-order valence-electron chi connectivity index (χ2n) is 4.01. The number of rotatable bonds is 5. The summed E-state index contributed by atoms with van der Waals surface area (Å²) in [5.41, 5.74) is 5.83. The number of benzene rings is 1. The first kappa shape index (κ1) is 14.1. The van der Waals surface area contributed by atoms with Crippen LogP contribution < -0.4 is 15.8 Å². The summed E-state index contributed by atoms with van der Waals surface area (Å²) < 4.78 is 5.46. The molecule has 5 nitrogen and oxygen atoms in total. The molecular weight excluding hydrogens is 278 g/mol. The lowest BCUT2D eigenvalue weighted by Crippen LogP contribution is -2.28. The van der Waals surface area contributed by atoms with Crippen molar-refractivity contribution in [3.8, 4) is 5.75 Å². The van der Waals surface area contributed by atoms with Crippen LogP contribution in [0.4, 0.5) is 5.82 Å². The minimum Gasteiger partial charge on any atom is -0.492 e. The molecule has 104 valence electrons. The summed E-state index contributed by atoms with van der Waals surface area (Å²) in [4.78, 5) is 15.7. The van der Waals surface area contributed by atoms with Crippen molar-refractivity contribution < 1.29 is 9.53 Å². The summed E-state index contributed by atoms with van der Waals surface area (Å²) in [7, 11) is 0. The molecule has 0 atom stereocenters. The maximum absolute atomic E-state index is 11.9. The van der Waals surface area contributed by atoms with Gasteiger partial charge in [0.1, 0.15) is 18.2 Å². The number of hydrogen-bond donors (Lipinski definition) is 2. The Kier molecular flexibility index (Phi) is 4.79. The van der Waals surface area contributed by atoms with Crippen molar-refractivity contribution in [2.75, 3.05) is 18.9 Å². The average molecular weight is 292 g/mol. The van der Waals surface area contributed by atoms with Gasteiger partial charge in [-0.05, 0) is 18.2 Å². The van der Waals surface area contributed by atoms with E-state index in [-0.39, 0.29) is 16.7 Å². The molecule has 0 radical (unpaired) electrons. The Hall–Kier alpha value is -2.27. The second-order valence-corrected chi connectivity index (χ2v) is 4.41. The molecule has 2 aromatic rings. The van der Waals surface area contributed by atoms with Crippen LogP contribution in [0, 0.1) is 0 Å². The van der Waals surface area contributed by atoms with Gasteiger partial charge in [0.15, 0.2) is 0 Å². The van der Waals surface area contributed by atoms with Gasteiger partial charge in [0.25, 0.3) is 5.91 Å². The summed E-state index contributed by atoms with van der Waals surface area (Å²) >= 11 is 5.89. The molecule has 1 heterocycles. The average Bonchev–Trinajstić information content (AvgIpc) is 2.47. The van der Waals surface area contributed by atoms with Crippen LogP contribution in [0.2, 0.25) is 5.02 Å². The molecule has 6 heteroatoms. The van der Waals surface area contributed by atoms with Gasteiger partial charge in [-0.3, -0.25) is 4.79 Å². The second kappa shape index (κ2) is 6.77. The van der Waals surface area contributed by atoms with E-state index in [0.29, 0.717) is 18.7 Å².